The van der Waals surface area contributed by atoms with Crippen LogP contribution >= 0.6 is 0 Å². The molecule has 0 saturated heterocycles. The van der Waals surface area contributed by atoms with Crippen LogP contribution < -0.4 is 5.73 Å². The van der Waals surface area contributed by atoms with E-state index in [1.54, 1.807) is 0 Å². The molecule has 0 aromatic rings. The summed E-state index contributed by atoms with van der Waals surface area (Å²) in [5, 5.41) is 0. The lowest BCUT2D eigenvalue weighted by Gasteiger charge is -2.24. The summed E-state index contributed by atoms with van der Waals surface area (Å²) in [4.78, 5) is 13.8. The van der Waals surface area contributed by atoms with Crippen LogP contribution in [0.3, 0.4) is 0 Å². The Hall–Kier alpha value is -0.570. The lowest BCUT2D eigenvalue weighted by atomic mass is 9.86. The Labute approximate surface area is 98.4 Å². The number of rotatable bonds is 5. The van der Waals surface area contributed by atoms with Crippen molar-refractivity contribution in [3.05, 3.63) is 0 Å². The fraction of sp³-hybridized carbons (Fsp3) is 0.923. The van der Waals surface area contributed by atoms with Gasteiger partial charge in [-0.15, -0.1) is 0 Å². The standard InChI is InChI=1S/C13H24N2O/c1-15(6-2-5-14)13(16)9-12-8-10-3-4-11(12)7-10/h10-12H,2-9,14H2,1H3. The quantitative estimate of drug-likeness (QED) is 0.771. The van der Waals surface area contributed by atoms with E-state index in [4.69, 9.17) is 5.73 Å². The van der Waals surface area contributed by atoms with Gasteiger partial charge >= 0.3 is 0 Å². The van der Waals surface area contributed by atoms with Crippen LogP contribution in [0, 0.1) is 17.8 Å². The molecule has 2 bridgehead atoms. The van der Waals surface area contributed by atoms with Crippen molar-refractivity contribution in [2.45, 2.75) is 38.5 Å². The van der Waals surface area contributed by atoms with Crippen molar-refractivity contribution in [2.24, 2.45) is 23.5 Å². The topological polar surface area (TPSA) is 46.3 Å². The van der Waals surface area contributed by atoms with Gasteiger partial charge in [0, 0.05) is 20.0 Å². The van der Waals surface area contributed by atoms with Crippen LogP contribution in [0.1, 0.15) is 38.5 Å². The zero-order valence-corrected chi connectivity index (χ0v) is 10.3. The highest BCUT2D eigenvalue weighted by Gasteiger charge is 2.40. The molecule has 1 amide bonds. The first-order chi connectivity index (χ1) is 7.70. The van der Waals surface area contributed by atoms with Crippen LogP contribution in [0.25, 0.3) is 0 Å². The summed E-state index contributed by atoms with van der Waals surface area (Å²) >= 11 is 0. The number of hydrogen-bond acceptors (Lipinski definition) is 2. The molecule has 3 unspecified atom stereocenters. The molecule has 0 aliphatic heterocycles. The molecular weight excluding hydrogens is 200 g/mol. The van der Waals surface area contributed by atoms with Gasteiger partial charge in [0.2, 0.25) is 5.91 Å². The van der Waals surface area contributed by atoms with Crippen molar-refractivity contribution in [3.8, 4) is 0 Å². The molecule has 3 atom stereocenters. The van der Waals surface area contributed by atoms with Crippen LogP contribution in [-0.4, -0.2) is 30.9 Å². The Balaban J connectivity index is 1.74. The van der Waals surface area contributed by atoms with Gasteiger partial charge in [-0.2, -0.15) is 0 Å². The Kier molecular flexibility index (Phi) is 3.85. The molecule has 0 aromatic heterocycles. The second-order valence-corrected chi connectivity index (χ2v) is 5.60. The van der Waals surface area contributed by atoms with Gasteiger partial charge in [-0.3, -0.25) is 4.79 Å². The first kappa shape index (κ1) is 11.9. The molecule has 3 nitrogen and oxygen atoms in total. The zero-order chi connectivity index (χ0) is 11.5. The molecule has 92 valence electrons. The predicted octanol–water partition coefficient (Wildman–Crippen LogP) is 1.62. The summed E-state index contributed by atoms with van der Waals surface area (Å²) < 4.78 is 0. The molecule has 2 N–H and O–H groups in total. The third kappa shape index (κ3) is 2.57. The molecule has 0 spiro atoms. The Morgan fingerprint density at radius 1 is 1.38 bits per heavy atom. The van der Waals surface area contributed by atoms with Gasteiger partial charge in [0.05, 0.1) is 0 Å². The number of fused-ring (bicyclic) bond motifs is 2. The van der Waals surface area contributed by atoms with E-state index in [1.165, 1.54) is 25.7 Å². The first-order valence-corrected chi connectivity index (χ1v) is 6.64. The Bertz CT molecular complexity index is 254. The fourth-order valence-electron chi connectivity index (χ4n) is 3.46. The first-order valence-electron chi connectivity index (χ1n) is 6.64. The monoisotopic (exact) mass is 224 g/mol. The Morgan fingerprint density at radius 2 is 2.19 bits per heavy atom. The average Bonchev–Trinajstić information content (AvgIpc) is 2.87. The van der Waals surface area contributed by atoms with Crippen LogP contribution in [0.4, 0.5) is 0 Å². The zero-order valence-electron chi connectivity index (χ0n) is 10.3. The molecule has 2 rings (SSSR count). The minimum atomic E-state index is 0.325. The van der Waals surface area contributed by atoms with Gasteiger partial charge in [-0.25, -0.2) is 0 Å². The van der Waals surface area contributed by atoms with Crippen LogP contribution in [0.5, 0.6) is 0 Å². The number of amides is 1. The van der Waals surface area contributed by atoms with E-state index in [-0.39, 0.29) is 0 Å². The van der Waals surface area contributed by atoms with Crippen molar-refractivity contribution >= 4 is 5.91 Å². The maximum atomic E-state index is 12.0. The number of nitrogens with zero attached hydrogens (tertiary/aromatic N) is 1. The summed E-state index contributed by atoms with van der Waals surface area (Å²) in [6, 6.07) is 0. The maximum Gasteiger partial charge on any atom is 0.222 e. The van der Waals surface area contributed by atoms with Crippen molar-refractivity contribution in [2.75, 3.05) is 20.1 Å². The minimum absolute atomic E-state index is 0.325. The van der Waals surface area contributed by atoms with E-state index < -0.39 is 0 Å². The number of nitrogens with two attached hydrogens (primary N) is 1. The third-order valence-electron chi connectivity index (χ3n) is 4.44. The number of carbonyl (C=O) groups excluding carboxylic acids is 1. The highest BCUT2D eigenvalue weighted by Crippen LogP contribution is 2.49. The summed E-state index contributed by atoms with van der Waals surface area (Å²) in [5.74, 6) is 2.81. The van der Waals surface area contributed by atoms with Crippen molar-refractivity contribution in [3.63, 3.8) is 0 Å². The SMILES string of the molecule is CN(CCCN)C(=O)CC1CC2CCC1C2. The van der Waals surface area contributed by atoms with Crippen molar-refractivity contribution in [1.29, 1.82) is 0 Å². The van der Waals surface area contributed by atoms with E-state index in [9.17, 15) is 4.79 Å². The minimum Gasteiger partial charge on any atom is -0.346 e. The highest BCUT2D eigenvalue weighted by molar-refractivity contribution is 5.76. The molecule has 2 fully saturated rings. The van der Waals surface area contributed by atoms with Crippen LogP contribution in [0.15, 0.2) is 0 Å². The second kappa shape index (κ2) is 5.17. The van der Waals surface area contributed by atoms with E-state index in [1.807, 2.05) is 11.9 Å². The van der Waals surface area contributed by atoms with E-state index in [0.29, 0.717) is 18.4 Å². The van der Waals surface area contributed by atoms with Crippen molar-refractivity contribution in [1.82, 2.24) is 4.90 Å². The van der Waals surface area contributed by atoms with E-state index >= 15 is 0 Å². The van der Waals surface area contributed by atoms with Gasteiger partial charge in [-0.05, 0) is 50.0 Å². The number of hydrogen-bond donors (Lipinski definition) is 1. The fourth-order valence-corrected chi connectivity index (χ4v) is 3.46. The largest absolute Gasteiger partial charge is 0.346 e. The van der Waals surface area contributed by atoms with Gasteiger partial charge < -0.3 is 10.6 Å². The second-order valence-electron chi connectivity index (χ2n) is 5.60. The van der Waals surface area contributed by atoms with Crippen molar-refractivity contribution < 1.29 is 4.79 Å². The van der Waals surface area contributed by atoms with Gasteiger partial charge in [0.25, 0.3) is 0 Å². The smallest absolute Gasteiger partial charge is 0.222 e. The molecule has 0 heterocycles. The van der Waals surface area contributed by atoms with E-state index in [0.717, 1.165) is 31.2 Å². The van der Waals surface area contributed by atoms with Gasteiger partial charge in [0.1, 0.15) is 0 Å². The third-order valence-corrected chi connectivity index (χ3v) is 4.44. The molecule has 2 aliphatic rings. The molecular formula is C13H24N2O. The van der Waals surface area contributed by atoms with Gasteiger partial charge in [0.15, 0.2) is 0 Å². The Morgan fingerprint density at radius 3 is 2.75 bits per heavy atom. The lowest BCUT2D eigenvalue weighted by Crippen LogP contribution is -2.31. The average molecular weight is 224 g/mol. The summed E-state index contributed by atoms with van der Waals surface area (Å²) in [6.07, 6.45) is 7.18. The lowest BCUT2D eigenvalue weighted by molar-refractivity contribution is -0.131. The van der Waals surface area contributed by atoms with Crippen LogP contribution in [0.2, 0.25) is 0 Å². The molecule has 16 heavy (non-hydrogen) atoms. The molecule has 2 saturated carbocycles. The van der Waals surface area contributed by atoms with Gasteiger partial charge in [-0.1, -0.05) is 6.42 Å². The molecule has 0 aromatic carbocycles. The van der Waals surface area contributed by atoms with E-state index in [2.05, 4.69) is 0 Å². The molecule has 3 heteroatoms. The molecule has 2 aliphatic carbocycles. The number of carbonyl (C=O) groups is 1. The summed E-state index contributed by atoms with van der Waals surface area (Å²) in [7, 11) is 1.91. The summed E-state index contributed by atoms with van der Waals surface area (Å²) in [5.41, 5.74) is 5.45. The van der Waals surface area contributed by atoms with Crippen LogP contribution in [-0.2, 0) is 4.79 Å². The highest BCUT2D eigenvalue weighted by atomic mass is 16.2. The predicted molar refractivity (Wildman–Crippen MR) is 64.9 cm³/mol. The normalized spacial score (nSPS) is 32.0. The maximum absolute atomic E-state index is 12.0. The summed E-state index contributed by atoms with van der Waals surface area (Å²) in [6.45, 7) is 1.49. The molecule has 0 radical (unpaired) electrons.